The molecule has 2 rings (SSSR count). The van der Waals surface area contributed by atoms with Gasteiger partial charge in [0.15, 0.2) is 0 Å². The highest BCUT2D eigenvalue weighted by Crippen LogP contribution is 2.35. The molecule has 1 heterocycles. The Balaban J connectivity index is 2.67. The van der Waals surface area contributed by atoms with Gasteiger partial charge in [-0.15, -0.1) is 5.10 Å². The van der Waals surface area contributed by atoms with Gasteiger partial charge in [0.05, 0.1) is 15.6 Å². The van der Waals surface area contributed by atoms with Gasteiger partial charge in [0.25, 0.3) is 4.84 Å². The first-order valence-corrected chi connectivity index (χ1v) is 5.32. The summed E-state index contributed by atoms with van der Waals surface area (Å²) in [4.78, 5) is 0.159. The third-order valence-corrected chi connectivity index (χ3v) is 2.65. The number of hydrogen-bond donors (Lipinski definition) is 1. The molecule has 0 aliphatic carbocycles. The summed E-state index contributed by atoms with van der Waals surface area (Å²) in [7, 11) is 0. The molecule has 2 aromatic rings. The van der Waals surface area contributed by atoms with Crippen molar-refractivity contribution in [1.82, 2.24) is 10.2 Å². The summed E-state index contributed by atoms with van der Waals surface area (Å²) >= 11 is 22.4. The second-order valence-corrected chi connectivity index (χ2v) is 4.28. The van der Waals surface area contributed by atoms with Crippen LogP contribution >= 0.6 is 47.0 Å². The molecule has 1 aromatic heterocycles. The zero-order valence-electron chi connectivity index (χ0n) is 7.05. The number of halogens is 3. The van der Waals surface area contributed by atoms with Gasteiger partial charge in [-0.1, -0.05) is 34.8 Å². The highest BCUT2D eigenvalue weighted by atomic mass is 35.5. The number of aromatic nitrogens is 2. The van der Waals surface area contributed by atoms with Crippen molar-refractivity contribution in [3.05, 3.63) is 32.0 Å². The zero-order chi connectivity index (χ0) is 11.0. The van der Waals surface area contributed by atoms with Crippen molar-refractivity contribution in [3.8, 4) is 11.5 Å². The maximum absolute atomic E-state index is 5.96. The molecule has 1 N–H and O–H groups in total. The van der Waals surface area contributed by atoms with Crippen LogP contribution in [0.1, 0.15) is 0 Å². The van der Waals surface area contributed by atoms with Gasteiger partial charge in [0.2, 0.25) is 5.89 Å². The van der Waals surface area contributed by atoms with Crippen LogP contribution in [0.5, 0.6) is 0 Å². The molecule has 0 fully saturated rings. The van der Waals surface area contributed by atoms with Crippen LogP contribution in [0.25, 0.3) is 11.5 Å². The lowest BCUT2D eigenvalue weighted by Crippen LogP contribution is -1.82. The average molecular weight is 282 g/mol. The van der Waals surface area contributed by atoms with Crippen LogP contribution in [0.4, 0.5) is 0 Å². The van der Waals surface area contributed by atoms with Crippen LogP contribution in [0, 0.1) is 4.84 Å². The van der Waals surface area contributed by atoms with Crippen LogP contribution in [0.3, 0.4) is 0 Å². The lowest BCUT2D eigenvalue weighted by atomic mass is 10.2. The minimum absolute atomic E-state index is 0.159. The van der Waals surface area contributed by atoms with Gasteiger partial charge in [0, 0.05) is 5.02 Å². The van der Waals surface area contributed by atoms with Gasteiger partial charge in [-0.3, -0.25) is 0 Å². The third kappa shape index (κ3) is 2.18. The fraction of sp³-hybridized carbons (Fsp3) is 0. The molecule has 0 amide bonds. The Bertz CT molecular complexity index is 540. The van der Waals surface area contributed by atoms with E-state index in [1.54, 1.807) is 12.1 Å². The molecular formula is C8H3Cl3N2OS. The average Bonchev–Trinajstić information content (AvgIpc) is 2.49. The Labute approximate surface area is 105 Å². The molecule has 0 aliphatic rings. The zero-order valence-corrected chi connectivity index (χ0v) is 10.1. The van der Waals surface area contributed by atoms with E-state index in [1.165, 1.54) is 0 Å². The Morgan fingerprint density at radius 2 is 1.80 bits per heavy atom. The summed E-state index contributed by atoms with van der Waals surface area (Å²) in [5, 5.41) is 7.48. The van der Waals surface area contributed by atoms with Crippen molar-refractivity contribution in [2.24, 2.45) is 0 Å². The number of hydrogen-bond acceptors (Lipinski definition) is 3. The molecule has 7 heteroatoms. The van der Waals surface area contributed by atoms with Crippen molar-refractivity contribution >= 4 is 47.0 Å². The topological polar surface area (TPSA) is 41.8 Å². The predicted octanol–water partition coefficient (Wildman–Crippen LogP) is 4.36. The first-order chi connectivity index (χ1) is 7.08. The molecule has 0 aliphatic heterocycles. The molecule has 0 saturated carbocycles. The van der Waals surface area contributed by atoms with Crippen molar-refractivity contribution in [2.75, 3.05) is 0 Å². The monoisotopic (exact) mass is 280 g/mol. The van der Waals surface area contributed by atoms with Crippen LogP contribution in [-0.2, 0) is 0 Å². The Kier molecular flexibility index (Phi) is 3.02. The van der Waals surface area contributed by atoms with E-state index in [9.17, 15) is 0 Å². The van der Waals surface area contributed by atoms with Crippen molar-refractivity contribution in [2.45, 2.75) is 0 Å². The van der Waals surface area contributed by atoms with Gasteiger partial charge in [0.1, 0.15) is 0 Å². The summed E-state index contributed by atoms with van der Waals surface area (Å²) in [6.45, 7) is 0. The van der Waals surface area contributed by atoms with Crippen molar-refractivity contribution < 1.29 is 4.42 Å². The Morgan fingerprint density at radius 3 is 2.27 bits per heavy atom. The summed E-state index contributed by atoms with van der Waals surface area (Å²) in [5.41, 5.74) is 0.468. The second-order valence-electron chi connectivity index (χ2n) is 2.66. The molecule has 0 radical (unpaired) electrons. The number of benzene rings is 1. The summed E-state index contributed by atoms with van der Waals surface area (Å²) in [5.74, 6) is 0.242. The first kappa shape index (κ1) is 11.0. The van der Waals surface area contributed by atoms with E-state index in [4.69, 9.17) is 51.4 Å². The lowest BCUT2D eigenvalue weighted by molar-refractivity contribution is 0.552. The standard InChI is InChI=1S/C8H3Cl3N2OS/c9-3-1-4(10)6(5(11)2-3)7-12-13-8(15)14-7/h1-2H,(H,13,15). The lowest BCUT2D eigenvalue weighted by Gasteiger charge is -2.02. The normalized spacial score (nSPS) is 10.6. The van der Waals surface area contributed by atoms with E-state index in [0.29, 0.717) is 20.6 Å². The molecule has 0 unspecified atom stereocenters. The highest BCUT2D eigenvalue weighted by molar-refractivity contribution is 7.71. The maximum atomic E-state index is 5.96. The molecular weight excluding hydrogens is 279 g/mol. The van der Waals surface area contributed by atoms with E-state index >= 15 is 0 Å². The molecule has 78 valence electrons. The van der Waals surface area contributed by atoms with Gasteiger partial charge in [-0.2, -0.15) is 0 Å². The molecule has 0 atom stereocenters. The fourth-order valence-electron chi connectivity index (χ4n) is 1.08. The highest BCUT2D eigenvalue weighted by Gasteiger charge is 2.14. The number of H-pyrrole nitrogens is 1. The van der Waals surface area contributed by atoms with E-state index in [0.717, 1.165) is 0 Å². The predicted molar refractivity (Wildman–Crippen MR) is 62.2 cm³/mol. The third-order valence-electron chi connectivity index (χ3n) is 1.66. The molecule has 3 nitrogen and oxygen atoms in total. The van der Waals surface area contributed by atoms with Gasteiger partial charge in [-0.25, -0.2) is 5.10 Å². The molecule has 0 spiro atoms. The van der Waals surface area contributed by atoms with E-state index in [-0.39, 0.29) is 10.7 Å². The molecule has 0 bridgehead atoms. The maximum Gasteiger partial charge on any atom is 0.284 e. The molecule has 1 aromatic carbocycles. The van der Waals surface area contributed by atoms with E-state index in [2.05, 4.69) is 10.2 Å². The number of nitrogens with one attached hydrogen (secondary N) is 1. The number of aromatic amines is 1. The number of rotatable bonds is 1. The Hall–Kier alpha value is -0.550. The summed E-state index contributed by atoms with van der Waals surface area (Å²) in [6, 6.07) is 3.11. The summed E-state index contributed by atoms with van der Waals surface area (Å²) < 4.78 is 5.11. The molecule has 0 saturated heterocycles. The smallest absolute Gasteiger partial charge is 0.284 e. The summed E-state index contributed by atoms with van der Waals surface area (Å²) in [6.07, 6.45) is 0. The van der Waals surface area contributed by atoms with E-state index < -0.39 is 0 Å². The van der Waals surface area contributed by atoms with E-state index in [1.807, 2.05) is 0 Å². The SMILES string of the molecule is S=c1[nH]nc(-c2c(Cl)cc(Cl)cc2Cl)o1. The minimum Gasteiger partial charge on any atom is -0.409 e. The van der Waals surface area contributed by atoms with Crippen LogP contribution in [-0.4, -0.2) is 10.2 Å². The van der Waals surface area contributed by atoms with Crippen LogP contribution in [0.2, 0.25) is 15.1 Å². The Morgan fingerprint density at radius 1 is 1.20 bits per heavy atom. The quantitative estimate of drug-likeness (QED) is 0.790. The number of nitrogens with zero attached hydrogens (tertiary/aromatic N) is 1. The minimum atomic E-state index is 0.159. The van der Waals surface area contributed by atoms with Crippen molar-refractivity contribution in [1.29, 1.82) is 0 Å². The van der Waals surface area contributed by atoms with Crippen LogP contribution < -0.4 is 0 Å². The van der Waals surface area contributed by atoms with Gasteiger partial charge >= 0.3 is 0 Å². The van der Waals surface area contributed by atoms with Crippen molar-refractivity contribution in [3.63, 3.8) is 0 Å². The molecule has 15 heavy (non-hydrogen) atoms. The fourth-order valence-corrected chi connectivity index (χ4v) is 2.19. The second kappa shape index (κ2) is 4.14. The van der Waals surface area contributed by atoms with Crippen LogP contribution in [0.15, 0.2) is 16.5 Å². The largest absolute Gasteiger partial charge is 0.409 e. The van der Waals surface area contributed by atoms with Gasteiger partial charge in [-0.05, 0) is 24.4 Å². The van der Waals surface area contributed by atoms with Gasteiger partial charge < -0.3 is 4.42 Å². The first-order valence-electron chi connectivity index (χ1n) is 3.78.